The normalized spacial score (nSPS) is 10.4. The average molecular weight is 388 g/mol. The van der Waals surface area contributed by atoms with E-state index in [9.17, 15) is 9.59 Å². The number of nitrogens with one attached hydrogen (secondary N) is 1. The lowest BCUT2D eigenvalue weighted by molar-refractivity contribution is 0.0590. The number of hydrogen-bond donors (Lipinski definition) is 1. The topological polar surface area (TPSA) is 78.2 Å². The van der Waals surface area contributed by atoms with Gasteiger partial charge in [-0.1, -0.05) is 0 Å². The minimum absolute atomic E-state index is 0.304. The largest absolute Gasteiger partial charge is 0.464 e. The molecule has 1 amide bonds. The molecule has 0 atom stereocenters. The molecule has 2 heterocycles. The van der Waals surface area contributed by atoms with Gasteiger partial charge >= 0.3 is 5.97 Å². The molecule has 20 heavy (non-hydrogen) atoms. The zero-order chi connectivity index (χ0) is 14.9. The van der Waals surface area contributed by atoms with Gasteiger partial charge in [-0.15, -0.1) is 0 Å². The molecule has 0 aliphatic carbocycles. The number of rotatable bonds is 3. The molecule has 2 rings (SSSR count). The van der Waals surface area contributed by atoms with Crippen LogP contribution in [0.2, 0.25) is 0 Å². The Labute approximate surface area is 129 Å². The van der Waals surface area contributed by atoms with E-state index in [1.54, 1.807) is 41.7 Å². The molecule has 8 heteroatoms. The van der Waals surface area contributed by atoms with Gasteiger partial charge in [0.05, 0.1) is 12.8 Å². The van der Waals surface area contributed by atoms with E-state index < -0.39 is 5.97 Å². The lowest BCUT2D eigenvalue weighted by Crippen LogP contribution is -2.16. The number of hydrogen-bond acceptors (Lipinski definition) is 4. The van der Waals surface area contributed by atoms with Crippen LogP contribution in [0, 0.1) is 3.70 Å². The number of aryl methyl sites for hydroxylation is 2. The van der Waals surface area contributed by atoms with Crippen molar-refractivity contribution in [2.75, 3.05) is 12.4 Å². The first-order valence-corrected chi connectivity index (χ1v) is 6.75. The van der Waals surface area contributed by atoms with Crippen molar-refractivity contribution in [3.8, 4) is 0 Å². The van der Waals surface area contributed by atoms with Gasteiger partial charge in [-0.2, -0.15) is 0 Å². The van der Waals surface area contributed by atoms with Crippen molar-refractivity contribution in [1.82, 2.24) is 14.1 Å². The van der Waals surface area contributed by atoms with Crippen LogP contribution in [-0.4, -0.2) is 33.1 Å². The fourth-order valence-electron chi connectivity index (χ4n) is 1.77. The maximum atomic E-state index is 12.1. The van der Waals surface area contributed by atoms with Crippen LogP contribution < -0.4 is 5.32 Å². The van der Waals surface area contributed by atoms with E-state index in [1.807, 2.05) is 22.6 Å². The highest BCUT2D eigenvalue weighted by Gasteiger charge is 2.16. The molecular weight excluding hydrogens is 375 g/mol. The van der Waals surface area contributed by atoms with Crippen molar-refractivity contribution in [3.63, 3.8) is 0 Å². The summed E-state index contributed by atoms with van der Waals surface area (Å²) in [6.45, 7) is 0. The van der Waals surface area contributed by atoms with Crippen molar-refractivity contribution in [1.29, 1.82) is 0 Å². The number of ether oxygens (including phenoxy) is 1. The Balaban J connectivity index is 2.20. The highest BCUT2D eigenvalue weighted by atomic mass is 127. The van der Waals surface area contributed by atoms with Gasteiger partial charge in [0.25, 0.3) is 5.91 Å². The molecule has 2 aromatic heterocycles. The number of imidazole rings is 1. The fraction of sp³-hybridized carbons (Fsp3) is 0.250. The molecule has 0 saturated heterocycles. The number of carbonyl (C=O) groups is 2. The molecule has 0 aliphatic heterocycles. The van der Waals surface area contributed by atoms with Crippen LogP contribution in [0.1, 0.15) is 21.1 Å². The summed E-state index contributed by atoms with van der Waals surface area (Å²) in [5.74, 6) is -0.491. The predicted octanol–water partition coefficient (Wildman–Crippen LogP) is 1.40. The summed E-state index contributed by atoms with van der Waals surface area (Å²) in [7, 11) is 4.75. The first-order chi connectivity index (χ1) is 9.42. The Morgan fingerprint density at radius 3 is 2.55 bits per heavy atom. The third kappa shape index (κ3) is 2.84. The number of halogens is 1. The van der Waals surface area contributed by atoms with Crippen LogP contribution >= 0.6 is 22.6 Å². The molecule has 7 nitrogen and oxygen atoms in total. The van der Waals surface area contributed by atoms with Crippen LogP contribution in [0.3, 0.4) is 0 Å². The molecule has 0 aliphatic rings. The zero-order valence-corrected chi connectivity index (χ0v) is 13.3. The quantitative estimate of drug-likeness (QED) is 0.637. The molecule has 106 valence electrons. The van der Waals surface area contributed by atoms with Crippen LogP contribution in [-0.2, 0) is 18.8 Å². The van der Waals surface area contributed by atoms with Crippen LogP contribution in [0.5, 0.6) is 0 Å². The van der Waals surface area contributed by atoms with Crippen LogP contribution in [0.4, 0.5) is 5.69 Å². The highest BCUT2D eigenvalue weighted by molar-refractivity contribution is 14.1. The summed E-state index contributed by atoms with van der Waals surface area (Å²) in [4.78, 5) is 27.7. The molecule has 0 aromatic carbocycles. The van der Waals surface area contributed by atoms with E-state index in [0.29, 0.717) is 17.2 Å². The molecule has 0 bridgehead atoms. The van der Waals surface area contributed by atoms with E-state index in [0.717, 1.165) is 3.70 Å². The zero-order valence-electron chi connectivity index (χ0n) is 11.2. The van der Waals surface area contributed by atoms with Crippen LogP contribution in [0.15, 0.2) is 18.5 Å². The number of carbonyl (C=O) groups excluding carboxylic acids is 2. The fourth-order valence-corrected chi connectivity index (χ4v) is 2.41. The Morgan fingerprint density at radius 2 is 2.00 bits per heavy atom. The number of amides is 1. The van der Waals surface area contributed by atoms with Gasteiger partial charge in [-0.25, -0.2) is 9.78 Å². The third-order valence-corrected chi connectivity index (χ3v) is 3.23. The Bertz CT molecular complexity index is 674. The van der Waals surface area contributed by atoms with Gasteiger partial charge in [0.15, 0.2) is 5.82 Å². The monoisotopic (exact) mass is 388 g/mol. The number of methoxy groups -OCH3 is 1. The van der Waals surface area contributed by atoms with Crippen molar-refractivity contribution < 1.29 is 14.3 Å². The summed E-state index contributed by atoms with van der Waals surface area (Å²) in [6, 6.07) is 1.55. The van der Waals surface area contributed by atoms with Crippen molar-refractivity contribution in [2.24, 2.45) is 14.1 Å². The standard InChI is InChI=1S/C12H13IN4O3/c1-16-5-7(4-8(16)12(19)20-3)14-11(18)10-15-9(13)6-17(10)2/h4-6H,1-3H3,(H,14,18). The molecule has 2 aromatic rings. The second kappa shape index (κ2) is 5.65. The van der Waals surface area contributed by atoms with E-state index >= 15 is 0 Å². The SMILES string of the molecule is COC(=O)c1cc(NC(=O)c2nc(I)cn2C)cn1C. The van der Waals surface area contributed by atoms with Crippen molar-refractivity contribution in [3.05, 3.63) is 33.7 Å². The Kier molecular flexibility index (Phi) is 4.12. The maximum Gasteiger partial charge on any atom is 0.354 e. The molecule has 1 N–H and O–H groups in total. The predicted molar refractivity (Wildman–Crippen MR) is 80.6 cm³/mol. The first-order valence-electron chi connectivity index (χ1n) is 5.67. The Morgan fingerprint density at radius 1 is 1.30 bits per heavy atom. The summed E-state index contributed by atoms with van der Waals surface area (Å²) < 4.78 is 8.61. The van der Waals surface area contributed by atoms with E-state index in [1.165, 1.54) is 7.11 Å². The van der Waals surface area contributed by atoms with E-state index in [2.05, 4.69) is 15.0 Å². The maximum absolute atomic E-state index is 12.1. The van der Waals surface area contributed by atoms with Crippen molar-refractivity contribution >= 4 is 40.2 Å². The minimum Gasteiger partial charge on any atom is -0.464 e. The minimum atomic E-state index is -0.459. The van der Waals surface area contributed by atoms with Gasteiger partial charge in [-0.3, -0.25) is 4.79 Å². The van der Waals surface area contributed by atoms with Gasteiger partial charge in [0.2, 0.25) is 0 Å². The number of aromatic nitrogens is 3. The summed E-state index contributed by atoms with van der Waals surface area (Å²) >= 11 is 2.04. The lowest BCUT2D eigenvalue weighted by atomic mass is 10.4. The summed E-state index contributed by atoms with van der Waals surface area (Å²) in [6.07, 6.45) is 3.39. The van der Waals surface area contributed by atoms with E-state index in [-0.39, 0.29) is 5.91 Å². The molecule has 0 fully saturated rings. The highest BCUT2D eigenvalue weighted by Crippen LogP contribution is 2.15. The number of anilines is 1. The second-order valence-corrected chi connectivity index (χ2v) is 5.27. The number of esters is 1. The third-order valence-electron chi connectivity index (χ3n) is 2.71. The molecule has 0 radical (unpaired) electrons. The summed E-state index contributed by atoms with van der Waals surface area (Å²) in [5, 5.41) is 2.70. The van der Waals surface area contributed by atoms with Gasteiger partial charge in [-0.05, 0) is 28.7 Å². The first kappa shape index (κ1) is 14.6. The van der Waals surface area contributed by atoms with Gasteiger partial charge < -0.3 is 19.2 Å². The van der Waals surface area contributed by atoms with Crippen LogP contribution in [0.25, 0.3) is 0 Å². The van der Waals surface area contributed by atoms with Gasteiger partial charge in [0, 0.05) is 26.5 Å². The molecule has 0 saturated carbocycles. The lowest BCUT2D eigenvalue weighted by Gasteiger charge is -2.01. The second-order valence-electron chi connectivity index (χ2n) is 4.17. The smallest absolute Gasteiger partial charge is 0.354 e. The number of nitrogens with zero attached hydrogens (tertiary/aromatic N) is 3. The average Bonchev–Trinajstić information content (AvgIpc) is 2.91. The van der Waals surface area contributed by atoms with E-state index in [4.69, 9.17) is 0 Å². The molecule has 0 unspecified atom stereocenters. The van der Waals surface area contributed by atoms with Gasteiger partial charge in [0.1, 0.15) is 9.39 Å². The molecule has 0 spiro atoms. The van der Waals surface area contributed by atoms with Crippen molar-refractivity contribution in [2.45, 2.75) is 0 Å². The Hall–Kier alpha value is -1.84. The summed E-state index contributed by atoms with van der Waals surface area (Å²) in [5.41, 5.74) is 0.869. The molecular formula is C12H13IN4O3.